The Balaban J connectivity index is 2.82. The van der Waals surface area contributed by atoms with Gasteiger partial charge in [0, 0.05) is 6.54 Å². The number of amides is 3. The lowest BCUT2D eigenvalue weighted by Crippen LogP contribution is -2.53. The molecule has 0 radical (unpaired) electrons. The van der Waals surface area contributed by atoms with Crippen LogP contribution < -0.4 is 11.1 Å². The van der Waals surface area contributed by atoms with Crippen LogP contribution in [0.15, 0.2) is 0 Å². The van der Waals surface area contributed by atoms with Gasteiger partial charge in [-0.05, 0) is 46.0 Å². The number of hydrogen-bond donors (Lipinski definition) is 2. The summed E-state index contributed by atoms with van der Waals surface area (Å²) in [7, 11) is 0. The molecule has 132 valence electrons. The quantitative estimate of drug-likeness (QED) is 0.797. The Morgan fingerprint density at radius 3 is 2.39 bits per heavy atom. The second-order valence-corrected chi connectivity index (χ2v) is 7.42. The van der Waals surface area contributed by atoms with E-state index in [1.54, 1.807) is 20.8 Å². The predicted octanol–water partition coefficient (Wildman–Crippen LogP) is 1.40. The number of likely N-dealkylation sites (tertiary alicyclic amines) is 1. The molecule has 0 aromatic rings. The van der Waals surface area contributed by atoms with E-state index in [1.165, 1.54) is 4.90 Å². The fourth-order valence-electron chi connectivity index (χ4n) is 2.67. The summed E-state index contributed by atoms with van der Waals surface area (Å²) in [6, 6.07) is -1.30. The minimum atomic E-state index is -0.718. The molecule has 0 aliphatic carbocycles. The molecule has 1 fully saturated rings. The van der Waals surface area contributed by atoms with Gasteiger partial charge >= 0.3 is 6.09 Å². The molecule has 2 atom stereocenters. The largest absolute Gasteiger partial charge is 0.444 e. The number of carbonyl (C=O) groups excluding carboxylic acids is 3. The predicted molar refractivity (Wildman–Crippen MR) is 86.5 cm³/mol. The van der Waals surface area contributed by atoms with E-state index in [2.05, 4.69) is 5.32 Å². The normalized spacial score (nSPS) is 19.6. The van der Waals surface area contributed by atoms with Crippen molar-refractivity contribution in [3.63, 3.8) is 0 Å². The SMILES string of the molecule is CC(C)C[C@H](NC(=O)OC(C)(C)C)C(=O)N1CCC[C@H]1C(N)=O. The van der Waals surface area contributed by atoms with E-state index >= 15 is 0 Å². The number of carbonyl (C=O) groups is 3. The number of primary amides is 1. The lowest BCUT2D eigenvalue weighted by Gasteiger charge is -2.29. The maximum Gasteiger partial charge on any atom is 0.408 e. The highest BCUT2D eigenvalue weighted by molar-refractivity contribution is 5.91. The third-order valence-electron chi connectivity index (χ3n) is 3.56. The summed E-state index contributed by atoms with van der Waals surface area (Å²) >= 11 is 0. The summed E-state index contributed by atoms with van der Waals surface area (Å²) in [6.45, 7) is 9.69. The molecule has 1 aliphatic heterocycles. The maximum absolute atomic E-state index is 12.7. The number of rotatable bonds is 5. The van der Waals surface area contributed by atoms with E-state index in [0.29, 0.717) is 19.4 Å². The van der Waals surface area contributed by atoms with Crippen molar-refractivity contribution < 1.29 is 19.1 Å². The molecule has 23 heavy (non-hydrogen) atoms. The fraction of sp³-hybridized carbons (Fsp3) is 0.812. The first-order valence-corrected chi connectivity index (χ1v) is 8.10. The molecule has 0 spiro atoms. The molecule has 1 heterocycles. The Labute approximate surface area is 137 Å². The number of nitrogens with two attached hydrogens (primary N) is 1. The Morgan fingerprint density at radius 2 is 1.91 bits per heavy atom. The van der Waals surface area contributed by atoms with Gasteiger partial charge in [0.2, 0.25) is 11.8 Å². The van der Waals surface area contributed by atoms with Crippen LogP contribution in [-0.2, 0) is 14.3 Å². The highest BCUT2D eigenvalue weighted by Crippen LogP contribution is 2.20. The number of ether oxygens (including phenoxy) is 1. The van der Waals surface area contributed by atoms with Crippen molar-refractivity contribution >= 4 is 17.9 Å². The van der Waals surface area contributed by atoms with Crippen molar-refractivity contribution in [2.75, 3.05) is 6.54 Å². The number of hydrogen-bond acceptors (Lipinski definition) is 4. The number of alkyl carbamates (subject to hydrolysis) is 1. The minimum Gasteiger partial charge on any atom is -0.444 e. The summed E-state index contributed by atoms with van der Waals surface area (Å²) in [4.78, 5) is 37.7. The molecule has 7 nitrogen and oxygen atoms in total. The number of nitrogens with one attached hydrogen (secondary N) is 1. The summed E-state index contributed by atoms with van der Waals surface area (Å²) in [5, 5.41) is 2.64. The highest BCUT2D eigenvalue weighted by atomic mass is 16.6. The molecule has 1 rings (SSSR count). The third-order valence-corrected chi connectivity index (χ3v) is 3.56. The molecule has 3 N–H and O–H groups in total. The van der Waals surface area contributed by atoms with Gasteiger partial charge in [-0.2, -0.15) is 0 Å². The molecule has 0 saturated carbocycles. The van der Waals surface area contributed by atoms with Crippen molar-refractivity contribution in [3.05, 3.63) is 0 Å². The van der Waals surface area contributed by atoms with Crippen LogP contribution in [0.3, 0.4) is 0 Å². The van der Waals surface area contributed by atoms with E-state index in [0.717, 1.165) is 6.42 Å². The van der Waals surface area contributed by atoms with Gasteiger partial charge in [0.25, 0.3) is 0 Å². The summed E-state index contributed by atoms with van der Waals surface area (Å²) in [6.07, 6.45) is 1.15. The van der Waals surface area contributed by atoms with Gasteiger partial charge in [-0.15, -0.1) is 0 Å². The summed E-state index contributed by atoms with van der Waals surface area (Å²) in [5.74, 6) is -0.573. The van der Waals surface area contributed by atoms with Gasteiger partial charge in [-0.3, -0.25) is 9.59 Å². The molecule has 0 aromatic carbocycles. The smallest absolute Gasteiger partial charge is 0.408 e. The summed E-state index contributed by atoms with van der Waals surface area (Å²) in [5.41, 5.74) is 4.73. The number of nitrogens with zero attached hydrogens (tertiary/aromatic N) is 1. The van der Waals surface area contributed by atoms with E-state index in [1.807, 2.05) is 13.8 Å². The molecule has 7 heteroatoms. The van der Waals surface area contributed by atoms with Gasteiger partial charge in [0.15, 0.2) is 0 Å². The zero-order valence-electron chi connectivity index (χ0n) is 14.7. The van der Waals surface area contributed by atoms with Gasteiger partial charge in [0.05, 0.1) is 0 Å². The standard InChI is InChI=1S/C16H29N3O4/c1-10(2)9-11(18-15(22)23-16(3,4)5)14(21)19-8-6-7-12(19)13(17)20/h10-12H,6-9H2,1-5H3,(H2,17,20)(H,18,22)/t11-,12-/m0/s1. The fourth-order valence-corrected chi connectivity index (χ4v) is 2.67. The Bertz CT molecular complexity index is 457. The van der Waals surface area contributed by atoms with Gasteiger partial charge in [-0.1, -0.05) is 13.8 Å². The van der Waals surface area contributed by atoms with Crippen molar-refractivity contribution in [2.45, 2.75) is 71.6 Å². The molecular formula is C16H29N3O4. The first kappa shape index (κ1) is 19.3. The minimum absolute atomic E-state index is 0.202. The van der Waals surface area contributed by atoms with Crippen LogP contribution in [0.2, 0.25) is 0 Å². The van der Waals surface area contributed by atoms with E-state index in [-0.39, 0.29) is 11.8 Å². The van der Waals surface area contributed by atoms with Crippen LogP contribution in [0.1, 0.15) is 53.9 Å². The third kappa shape index (κ3) is 6.08. The van der Waals surface area contributed by atoms with Crippen LogP contribution in [0.4, 0.5) is 4.79 Å². The van der Waals surface area contributed by atoms with Crippen molar-refractivity contribution in [3.8, 4) is 0 Å². The second kappa shape index (κ2) is 7.66. The van der Waals surface area contributed by atoms with Crippen molar-refractivity contribution in [1.82, 2.24) is 10.2 Å². The van der Waals surface area contributed by atoms with Crippen molar-refractivity contribution in [2.24, 2.45) is 11.7 Å². The van der Waals surface area contributed by atoms with Gasteiger partial charge in [0.1, 0.15) is 17.7 Å². The molecule has 1 saturated heterocycles. The first-order valence-electron chi connectivity index (χ1n) is 8.10. The average molecular weight is 327 g/mol. The lowest BCUT2D eigenvalue weighted by atomic mass is 10.0. The van der Waals surface area contributed by atoms with Crippen LogP contribution in [0.25, 0.3) is 0 Å². The molecule has 0 bridgehead atoms. The molecule has 3 amide bonds. The first-order chi connectivity index (χ1) is 10.5. The Morgan fingerprint density at radius 1 is 1.30 bits per heavy atom. The van der Waals surface area contributed by atoms with E-state index < -0.39 is 29.7 Å². The maximum atomic E-state index is 12.7. The van der Waals surface area contributed by atoms with E-state index in [4.69, 9.17) is 10.5 Å². The zero-order valence-corrected chi connectivity index (χ0v) is 14.7. The van der Waals surface area contributed by atoms with Gasteiger partial charge < -0.3 is 20.7 Å². The molecule has 1 aliphatic rings. The van der Waals surface area contributed by atoms with Crippen LogP contribution in [-0.4, -0.2) is 47.0 Å². The van der Waals surface area contributed by atoms with Crippen LogP contribution >= 0.6 is 0 Å². The second-order valence-electron chi connectivity index (χ2n) is 7.42. The van der Waals surface area contributed by atoms with Gasteiger partial charge in [-0.25, -0.2) is 4.79 Å². The lowest BCUT2D eigenvalue weighted by molar-refractivity contribution is -0.139. The van der Waals surface area contributed by atoms with Crippen LogP contribution in [0, 0.1) is 5.92 Å². The van der Waals surface area contributed by atoms with Crippen molar-refractivity contribution in [1.29, 1.82) is 0 Å². The van der Waals surface area contributed by atoms with E-state index in [9.17, 15) is 14.4 Å². The Hall–Kier alpha value is -1.79. The highest BCUT2D eigenvalue weighted by Gasteiger charge is 2.37. The molecular weight excluding hydrogens is 298 g/mol. The molecule has 0 aromatic heterocycles. The summed E-state index contributed by atoms with van der Waals surface area (Å²) < 4.78 is 5.22. The average Bonchev–Trinajstić information content (AvgIpc) is 2.83. The van der Waals surface area contributed by atoms with Crippen LogP contribution in [0.5, 0.6) is 0 Å². The Kier molecular flexibility index (Phi) is 6.41. The monoisotopic (exact) mass is 327 g/mol. The topological polar surface area (TPSA) is 102 Å². The molecule has 0 unspecified atom stereocenters. The zero-order chi connectivity index (χ0) is 17.8.